The standard InChI is InChI=1S/C38H65N3O6/c1-7-9-11-12-13-14-15-17-20-27(19-16-10-8-2)40-36(45)41-31-22-18-21-28(31)30(25-32(42)43)33-29(23-24-39-33)34(44)35-37(3,4)26-46-38(5,6)47-35/h23-24,27-28,30-31,35,39H,7-22,25-26H2,1-6H3,(H,42,43)(H2,40,41,45). The molecule has 2 aliphatic rings. The molecule has 9 nitrogen and oxygen atoms in total. The highest BCUT2D eigenvalue weighted by Crippen LogP contribution is 2.42. The Hall–Kier alpha value is -2.39. The fourth-order valence-electron chi connectivity index (χ4n) is 7.52. The van der Waals surface area contributed by atoms with E-state index in [9.17, 15) is 19.5 Å². The molecular formula is C38H65N3O6. The van der Waals surface area contributed by atoms with E-state index in [1.165, 1.54) is 44.9 Å². The van der Waals surface area contributed by atoms with Gasteiger partial charge in [0, 0.05) is 40.9 Å². The minimum Gasteiger partial charge on any atom is -0.481 e. The van der Waals surface area contributed by atoms with Crippen LogP contribution in [0, 0.1) is 11.3 Å². The third-order valence-corrected chi connectivity index (χ3v) is 10.3. The molecule has 5 atom stereocenters. The summed E-state index contributed by atoms with van der Waals surface area (Å²) in [4.78, 5) is 42.9. The molecule has 1 aromatic heterocycles. The van der Waals surface area contributed by atoms with Crippen molar-refractivity contribution in [3.8, 4) is 0 Å². The van der Waals surface area contributed by atoms with Gasteiger partial charge >= 0.3 is 12.0 Å². The number of nitrogens with one attached hydrogen (secondary N) is 3. The molecule has 2 amide bonds. The van der Waals surface area contributed by atoms with Gasteiger partial charge in [-0.25, -0.2) is 4.79 Å². The molecule has 2 fully saturated rings. The number of ketones is 1. The Morgan fingerprint density at radius 2 is 1.55 bits per heavy atom. The van der Waals surface area contributed by atoms with E-state index < -0.39 is 29.2 Å². The van der Waals surface area contributed by atoms with Crippen molar-refractivity contribution in [2.24, 2.45) is 11.3 Å². The number of aromatic amines is 1. The predicted molar refractivity (Wildman–Crippen MR) is 187 cm³/mol. The molecule has 2 heterocycles. The number of aliphatic carboxylic acids is 1. The van der Waals surface area contributed by atoms with Gasteiger partial charge < -0.3 is 30.2 Å². The van der Waals surface area contributed by atoms with E-state index in [1.54, 1.807) is 26.1 Å². The van der Waals surface area contributed by atoms with Gasteiger partial charge in [0.05, 0.1) is 13.0 Å². The molecule has 1 saturated heterocycles. The Labute approximate surface area is 284 Å². The molecule has 1 aromatic rings. The quantitative estimate of drug-likeness (QED) is 0.0771. The average Bonchev–Trinajstić information content (AvgIpc) is 3.68. The van der Waals surface area contributed by atoms with Crippen molar-refractivity contribution in [1.29, 1.82) is 0 Å². The molecule has 3 rings (SSSR count). The molecule has 1 saturated carbocycles. The summed E-state index contributed by atoms with van der Waals surface area (Å²) in [6, 6.07) is 1.53. The van der Waals surface area contributed by atoms with Crippen molar-refractivity contribution in [1.82, 2.24) is 15.6 Å². The molecule has 1 aliphatic heterocycles. The lowest BCUT2D eigenvalue weighted by molar-refractivity contribution is -0.298. The van der Waals surface area contributed by atoms with Gasteiger partial charge in [0.25, 0.3) is 0 Å². The Kier molecular flexibility index (Phi) is 15.8. The minimum absolute atomic E-state index is 0.117. The monoisotopic (exact) mass is 659 g/mol. The van der Waals surface area contributed by atoms with Crippen LogP contribution < -0.4 is 10.6 Å². The number of rotatable bonds is 21. The van der Waals surface area contributed by atoms with Crippen LogP contribution in [0.2, 0.25) is 0 Å². The second-order valence-corrected chi connectivity index (χ2v) is 15.3. The highest BCUT2D eigenvalue weighted by molar-refractivity contribution is 6.01. The van der Waals surface area contributed by atoms with E-state index in [0.29, 0.717) is 17.9 Å². The predicted octanol–water partition coefficient (Wildman–Crippen LogP) is 8.88. The summed E-state index contributed by atoms with van der Waals surface area (Å²) in [7, 11) is 0. The zero-order valence-corrected chi connectivity index (χ0v) is 30.3. The average molecular weight is 660 g/mol. The maximum absolute atomic E-state index is 14.0. The topological polar surface area (TPSA) is 130 Å². The molecule has 5 unspecified atom stereocenters. The number of Topliss-reactive ketones (excluding diaryl/α,β-unsaturated/α-hetero) is 1. The molecule has 9 heteroatoms. The van der Waals surface area contributed by atoms with E-state index in [-0.39, 0.29) is 36.2 Å². The number of unbranched alkanes of at least 4 members (excludes halogenated alkanes) is 9. The third kappa shape index (κ3) is 12.2. The second kappa shape index (κ2) is 19.0. The highest BCUT2D eigenvalue weighted by atomic mass is 16.7. The van der Waals surface area contributed by atoms with Crippen molar-refractivity contribution in [2.45, 2.75) is 181 Å². The number of aromatic nitrogens is 1. The van der Waals surface area contributed by atoms with Gasteiger partial charge in [-0.15, -0.1) is 0 Å². The van der Waals surface area contributed by atoms with Crippen LogP contribution >= 0.6 is 0 Å². The van der Waals surface area contributed by atoms with Crippen LogP contribution in [0.4, 0.5) is 4.79 Å². The van der Waals surface area contributed by atoms with E-state index in [0.717, 1.165) is 57.8 Å². The number of urea groups is 1. The Bertz CT molecular complexity index is 1110. The van der Waals surface area contributed by atoms with Crippen LogP contribution in [0.25, 0.3) is 0 Å². The third-order valence-electron chi connectivity index (χ3n) is 10.3. The van der Waals surface area contributed by atoms with Crippen LogP contribution in [-0.4, -0.2) is 58.5 Å². The maximum atomic E-state index is 14.0. The summed E-state index contributed by atoms with van der Waals surface area (Å²) in [5.74, 6) is -2.57. The molecule has 4 N–H and O–H groups in total. The Balaban J connectivity index is 1.68. The van der Waals surface area contributed by atoms with E-state index in [2.05, 4.69) is 29.5 Å². The minimum atomic E-state index is -0.928. The summed E-state index contributed by atoms with van der Waals surface area (Å²) >= 11 is 0. The molecular weight excluding hydrogens is 594 g/mol. The molecule has 47 heavy (non-hydrogen) atoms. The highest BCUT2D eigenvalue weighted by Gasteiger charge is 2.47. The first-order chi connectivity index (χ1) is 22.4. The van der Waals surface area contributed by atoms with Gasteiger partial charge in [-0.2, -0.15) is 0 Å². The van der Waals surface area contributed by atoms with E-state index >= 15 is 0 Å². The summed E-state index contributed by atoms with van der Waals surface area (Å²) in [5.41, 5.74) is 0.525. The number of amides is 2. The number of hydrogen-bond acceptors (Lipinski definition) is 5. The molecule has 0 spiro atoms. The lowest BCUT2D eigenvalue weighted by Gasteiger charge is -2.45. The van der Waals surface area contributed by atoms with Crippen LogP contribution in [0.1, 0.15) is 173 Å². The number of carboxylic acids is 1. The lowest BCUT2D eigenvalue weighted by atomic mass is 9.78. The van der Waals surface area contributed by atoms with Crippen molar-refractivity contribution in [2.75, 3.05) is 6.61 Å². The summed E-state index contributed by atoms with van der Waals surface area (Å²) in [6.07, 6.45) is 18.7. The van der Waals surface area contributed by atoms with Crippen LogP contribution in [-0.2, 0) is 14.3 Å². The SMILES string of the molecule is CCCCCCCCCCC(CCCCC)NC(=O)NC1CCCC1C(CC(=O)O)c1[nH]ccc1C(=O)C1OC(C)(C)OCC1(C)C. The number of ether oxygens (including phenoxy) is 2. The summed E-state index contributed by atoms with van der Waals surface area (Å²) < 4.78 is 12.0. The first-order valence-corrected chi connectivity index (χ1v) is 18.7. The Morgan fingerprint density at radius 1 is 0.936 bits per heavy atom. The number of hydrogen-bond donors (Lipinski definition) is 4. The molecule has 268 valence electrons. The van der Waals surface area contributed by atoms with Crippen molar-refractivity contribution in [3.63, 3.8) is 0 Å². The zero-order chi connectivity index (χ0) is 34.5. The number of carboxylic acid groups (broad SMARTS) is 1. The molecule has 0 bridgehead atoms. The van der Waals surface area contributed by atoms with Gasteiger partial charge in [-0.05, 0) is 51.5 Å². The van der Waals surface area contributed by atoms with Crippen molar-refractivity contribution < 1.29 is 29.0 Å². The second-order valence-electron chi connectivity index (χ2n) is 15.3. The fourth-order valence-corrected chi connectivity index (χ4v) is 7.52. The van der Waals surface area contributed by atoms with Gasteiger partial charge in [0.2, 0.25) is 0 Å². The van der Waals surface area contributed by atoms with Gasteiger partial charge in [0.15, 0.2) is 11.6 Å². The lowest BCUT2D eigenvalue weighted by Crippen LogP contribution is -2.53. The van der Waals surface area contributed by atoms with Crippen molar-refractivity contribution in [3.05, 3.63) is 23.5 Å². The first kappa shape index (κ1) is 39.1. The van der Waals surface area contributed by atoms with E-state index in [1.807, 2.05) is 13.8 Å². The van der Waals surface area contributed by atoms with Gasteiger partial charge in [-0.3, -0.25) is 9.59 Å². The first-order valence-electron chi connectivity index (χ1n) is 18.7. The maximum Gasteiger partial charge on any atom is 0.315 e. The summed E-state index contributed by atoms with van der Waals surface area (Å²) in [5, 5.41) is 16.5. The van der Waals surface area contributed by atoms with E-state index in [4.69, 9.17) is 9.47 Å². The summed E-state index contributed by atoms with van der Waals surface area (Å²) in [6.45, 7) is 12.3. The number of H-pyrrole nitrogens is 1. The van der Waals surface area contributed by atoms with Crippen LogP contribution in [0.3, 0.4) is 0 Å². The Morgan fingerprint density at radius 3 is 2.21 bits per heavy atom. The van der Waals surface area contributed by atoms with Crippen LogP contribution in [0.15, 0.2) is 12.3 Å². The van der Waals surface area contributed by atoms with Crippen molar-refractivity contribution >= 4 is 17.8 Å². The smallest absolute Gasteiger partial charge is 0.315 e. The zero-order valence-electron chi connectivity index (χ0n) is 30.3. The normalized spacial score (nSPS) is 23.2. The number of carbonyl (C=O) groups excluding carboxylic acids is 2. The van der Waals surface area contributed by atoms with Gasteiger partial charge in [0.1, 0.15) is 6.10 Å². The fraction of sp³-hybridized carbons (Fsp3) is 0.816. The number of carbonyl (C=O) groups is 3. The molecule has 0 aromatic carbocycles. The van der Waals surface area contributed by atoms with Gasteiger partial charge in [-0.1, -0.05) is 105 Å². The molecule has 1 aliphatic carbocycles. The van der Waals surface area contributed by atoms with Crippen LogP contribution in [0.5, 0.6) is 0 Å². The largest absolute Gasteiger partial charge is 0.481 e. The molecule has 0 radical (unpaired) electrons.